The fraction of sp³-hybridized carbons (Fsp3) is 0.400. The topological polar surface area (TPSA) is 82.5 Å². The van der Waals surface area contributed by atoms with Crippen LogP contribution in [-0.4, -0.2) is 38.9 Å². The van der Waals surface area contributed by atoms with Crippen LogP contribution in [0.25, 0.3) is 0 Å². The van der Waals surface area contributed by atoms with Gasteiger partial charge >= 0.3 is 6.03 Å². The summed E-state index contributed by atoms with van der Waals surface area (Å²) < 4.78 is 0. The van der Waals surface area contributed by atoms with E-state index in [2.05, 4.69) is 20.6 Å². The molecule has 4 rings (SSSR count). The highest BCUT2D eigenvalue weighted by Gasteiger charge is 2.41. The first kappa shape index (κ1) is 19.9. The fourth-order valence-corrected chi connectivity index (χ4v) is 4.20. The van der Waals surface area contributed by atoms with Crippen molar-refractivity contribution >= 4 is 46.8 Å². The Bertz CT molecular complexity index is 959. The van der Waals surface area contributed by atoms with Gasteiger partial charge in [-0.05, 0) is 51.0 Å². The predicted octanol–water partition coefficient (Wildman–Crippen LogP) is 5.03. The van der Waals surface area contributed by atoms with Gasteiger partial charge in [-0.3, -0.25) is 10.2 Å². The Hall–Kier alpha value is -2.38. The number of hydrogen-bond donors (Lipinski definition) is 2. The van der Waals surface area contributed by atoms with E-state index >= 15 is 0 Å². The molecule has 2 heterocycles. The number of halogens is 2. The molecule has 1 aromatic carbocycles. The van der Waals surface area contributed by atoms with Gasteiger partial charge in [0.15, 0.2) is 0 Å². The Kier molecular flexibility index (Phi) is 5.61. The minimum absolute atomic E-state index is 0.0138. The average Bonchev–Trinajstić information content (AvgIpc) is 3.01. The van der Waals surface area contributed by atoms with Gasteiger partial charge in [-0.2, -0.15) is 0 Å². The van der Waals surface area contributed by atoms with Gasteiger partial charge in [-0.25, -0.2) is 19.8 Å². The lowest BCUT2D eigenvalue weighted by Crippen LogP contribution is -2.49. The quantitative estimate of drug-likeness (QED) is 0.696. The molecule has 7 nitrogen and oxygen atoms in total. The van der Waals surface area contributed by atoms with E-state index in [-0.39, 0.29) is 18.1 Å². The van der Waals surface area contributed by atoms with Crippen LogP contribution in [0.5, 0.6) is 0 Å². The molecule has 2 amide bonds. The zero-order valence-corrected chi connectivity index (χ0v) is 17.8. The summed E-state index contributed by atoms with van der Waals surface area (Å²) in [6, 6.07) is 6.73. The van der Waals surface area contributed by atoms with Gasteiger partial charge in [-0.15, -0.1) is 0 Å². The molecule has 9 heteroatoms. The smallest absolute Gasteiger partial charge is 0.307 e. The molecule has 0 radical (unpaired) electrons. The first-order chi connectivity index (χ1) is 13.9. The number of aromatic nitrogens is 2. The van der Waals surface area contributed by atoms with Crippen LogP contribution in [0.4, 0.5) is 16.4 Å². The molecule has 1 saturated carbocycles. The lowest BCUT2D eigenvalue weighted by atomic mass is 9.91. The molecule has 2 atom stereocenters. The van der Waals surface area contributed by atoms with Crippen LogP contribution in [0.1, 0.15) is 37.1 Å². The second kappa shape index (κ2) is 8.16. The monoisotopic (exact) mass is 432 g/mol. The number of guanidine groups is 1. The molecule has 2 N–H and O–H groups in total. The minimum Gasteiger partial charge on any atom is -0.307 e. The maximum Gasteiger partial charge on any atom is 0.328 e. The first-order valence-corrected chi connectivity index (χ1v) is 10.4. The SMILES string of the molecule is Cc1cc(C)nc(NC2=NC3CCCCC3N2C(=O)Nc2ccc(Cl)c(Cl)c2)n1. The van der Waals surface area contributed by atoms with Gasteiger partial charge in [0.1, 0.15) is 0 Å². The molecule has 0 spiro atoms. The minimum atomic E-state index is -0.270. The summed E-state index contributed by atoms with van der Waals surface area (Å²) in [5, 5.41) is 6.89. The molecule has 2 aromatic rings. The van der Waals surface area contributed by atoms with Crippen LogP contribution in [-0.2, 0) is 0 Å². The summed E-state index contributed by atoms with van der Waals surface area (Å²) in [5.74, 6) is 0.914. The number of nitrogens with one attached hydrogen (secondary N) is 2. The molecular formula is C20H22Cl2N6O. The summed E-state index contributed by atoms with van der Waals surface area (Å²) in [4.78, 5) is 28.5. The molecular weight excluding hydrogens is 411 g/mol. The van der Waals surface area contributed by atoms with Crippen molar-refractivity contribution in [3.63, 3.8) is 0 Å². The number of nitrogens with zero attached hydrogens (tertiary/aromatic N) is 4. The third-order valence-corrected chi connectivity index (χ3v) is 5.88. The second-order valence-corrected chi connectivity index (χ2v) is 8.21. The lowest BCUT2D eigenvalue weighted by molar-refractivity contribution is 0.209. The molecule has 0 saturated heterocycles. The maximum atomic E-state index is 13.2. The summed E-state index contributed by atoms with van der Waals surface area (Å²) in [6.45, 7) is 3.82. The van der Waals surface area contributed by atoms with Crippen LogP contribution < -0.4 is 10.6 Å². The number of carbonyl (C=O) groups is 1. The van der Waals surface area contributed by atoms with E-state index in [1.54, 1.807) is 23.1 Å². The number of aryl methyl sites for hydroxylation is 2. The summed E-state index contributed by atoms with van der Waals surface area (Å²) in [5.41, 5.74) is 2.27. The van der Waals surface area contributed by atoms with E-state index in [9.17, 15) is 4.79 Å². The van der Waals surface area contributed by atoms with Crippen molar-refractivity contribution in [2.75, 3.05) is 10.6 Å². The van der Waals surface area contributed by atoms with Gasteiger partial charge < -0.3 is 5.32 Å². The number of rotatable bonds is 2. The van der Waals surface area contributed by atoms with Crippen LogP contribution >= 0.6 is 23.2 Å². The molecule has 152 valence electrons. The highest BCUT2D eigenvalue weighted by molar-refractivity contribution is 6.42. The number of aliphatic imine (C=N–C) groups is 1. The van der Waals surface area contributed by atoms with Crippen molar-refractivity contribution in [1.29, 1.82) is 0 Å². The molecule has 2 aliphatic rings. The van der Waals surface area contributed by atoms with Crippen molar-refractivity contribution in [3.05, 3.63) is 45.7 Å². The van der Waals surface area contributed by atoms with Gasteiger partial charge in [0.2, 0.25) is 11.9 Å². The molecule has 29 heavy (non-hydrogen) atoms. The van der Waals surface area contributed by atoms with Gasteiger partial charge in [0.25, 0.3) is 0 Å². The average molecular weight is 433 g/mol. The number of benzene rings is 1. The second-order valence-electron chi connectivity index (χ2n) is 7.40. The zero-order chi connectivity index (χ0) is 20.5. The molecule has 1 aliphatic heterocycles. The Morgan fingerprint density at radius 1 is 1.07 bits per heavy atom. The Morgan fingerprint density at radius 3 is 2.52 bits per heavy atom. The van der Waals surface area contributed by atoms with E-state index < -0.39 is 0 Å². The highest BCUT2D eigenvalue weighted by Crippen LogP contribution is 2.32. The molecule has 0 bridgehead atoms. The van der Waals surface area contributed by atoms with Crippen LogP contribution in [0.15, 0.2) is 29.3 Å². The van der Waals surface area contributed by atoms with Crippen molar-refractivity contribution in [2.45, 2.75) is 51.6 Å². The van der Waals surface area contributed by atoms with Crippen molar-refractivity contribution in [2.24, 2.45) is 4.99 Å². The van der Waals surface area contributed by atoms with Gasteiger partial charge in [0, 0.05) is 17.1 Å². The van der Waals surface area contributed by atoms with Crippen LogP contribution in [0.2, 0.25) is 10.0 Å². The van der Waals surface area contributed by atoms with Gasteiger partial charge in [-0.1, -0.05) is 36.0 Å². The standard InChI is InChI=1S/C20H22Cl2N6O/c1-11-9-12(2)24-18(23-11)27-19-26-16-5-3-4-6-17(16)28(19)20(29)25-13-7-8-14(21)15(22)10-13/h7-10,16-17H,3-6H2,1-2H3,(H,25,29)(H,23,24,26,27). The third-order valence-electron chi connectivity index (χ3n) is 5.14. The summed E-state index contributed by atoms with van der Waals surface area (Å²) in [6.07, 6.45) is 4.04. The van der Waals surface area contributed by atoms with E-state index in [4.69, 9.17) is 28.2 Å². The van der Waals surface area contributed by atoms with Crippen LogP contribution in [0, 0.1) is 13.8 Å². The highest BCUT2D eigenvalue weighted by atomic mass is 35.5. The number of anilines is 2. The number of hydrogen-bond acceptors (Lipinski definition) is 5. The van der Waals surface area contributed by atoms with Crippen LogP contribution in [0.3, 0.4) is 0 Å². The fourth-order valence-electron chi connectivity index (χ4n) is 3.90. The maximum absolute atomic E-state index is 13.2. The molecule has 1 aromatic heterocycles. The zero-order valence-electron chi connectivity index (χ0n) is 16.2. The van der Waals surface area contributed by atoms with Crippen molar-refractivity contribution in [1.82, 2.24) is 14.9 Å². The van der Waals surface area contributed by atoms with E-state index in [0.29, 0.717) is 27.6 Å². The lowest BCUT2D eigenvalue weighted by Gasteiger charge is -2.31. The van der Waals surface area contributed by atoms with Crippen molar-refractivity contribution < 1.29 is 4.79 Å². The third kappa shape index (κ3) is 4.31. The number of amides is 2. The molecule has 1 fully saturated rings. The normalized spacial score (nSPS) is 20.8. The number of fused-ring (bicyclic) bond motifs is 1. The first-order valence-electron chi connectivity index (χ1n) is 9.63. The molecule has 2 unspecified atom stereocenters. The Labute approximate surface area is 179 Å². The number of urea groups is 1. The molecule has 1 aliphatic carbocycles. The number of carbonyl (C=O) groups excluding carboxylic acids is 1. The predicted molar refractivity (Wildman–Crippen MR) is 116 cm³/mol. The summed E-state index contributed by atoms with van der Waals surface area (Å²) in [7, 11) is 0. The van der Waals surface area contributed by atoms with Crippen molar-refractivity contribution in [3.8, 4) is 0 Å². The Morgan fingerprint density at radius 2 is 1.79 bits per heavy atom. The van der Waals surface area contributed by atoms with Gasteiger partial charge in [0.05, 0.1) is 22.1 Å². The largest absolute Gasteiger partial charge is 0.328 e. The van der Waals surface area contributed by atoms with E-state index in [1.807, 2.05) is 19.9 Å². The summed E-state index contributed by atoms with van der Waals surface area (Å²) >= 11 is 12.1. The van der Waals surface area contributed by atoms with E-state index in [1.165, 1.54) is 0 Å². The van der Waals surface area contributed by atoms with E-state index in [0.717, 1.165) is 37.1 Å². The Balaban J connectivity index is 1.59.